The van der Waals surface area contributed by atoms with Crippen LogP contribution in [-0.4, -0.2) is 54.3 Å². The zero-order valence-electron chi connectivity index (χ0n) is 14.6. The van der Waals surface area contributed by atoms with Gasteiger partial charge < -0.3 is 20.7 Å². The Balaban J connectivity index is 1.72. The van der Waals surface area contributed by atoms with E-state index in [1.165, 1.54) is 22.9 Å². The van der Waals surface area contributed by atoms with Gasteiger partial charge in [-0.25, -0.2) is 15.0 Å². The Labute approximate surface area is 155 Å². The average molecular weight is 370 g/mol. The van der Waals surface area contributed by atoms with Gasteiger partial charge in [-0.3, -0.25) is 0 Å². The third-order valence-corrected chi connectivity index (χ3v) is 6.28. The lowest BCUT2D eigenvalue weighted by molar-refractivity contribution is 0.122. The van der Waals surface area contributed by atoms with Gasteiger partial charge in [-0.05, 0) is 30.4 Å². The van der Waals surface area contributed by atoms with Crippen molar-refractivity contribution in [2.45, 2.75) is 19.3 Å². The van der Waals surface area contributed by atoms with Crippen LogP contribution < -0.4 is 16.0 Å². The molecule has 0 atom stereocenters. The number of rotatable bonds is 4. The minimum atomic E-state index is 0.575. The van der Waals surface area contributed by atoms with E-state index in [9.17, 15) is 0 Å². The normalized spacial score (nSPS) is 17.2. The molecule has 1 fully saturated rings. The van der Waals surface area contributed by atoms with Gasteiger partial charge in [0.05, 0.1) is 23.4 Å². The number of pyridine rings is 1. The fourth-order valence-corrected chi connectivity index (χ4v) is 5.15. The first kappa shape index (κ1) is 16.2. The van der Waals surface area contributed by atoms with Crippen LogP contribution in [0.5, 0.6) is 0 Å². The largest absolute Gasteiger partial charge is 0.378 e. The first-order valence-electron chi connectivity index (χ1n) is 9.22. The molecule has 3 N–H and O–H groups in total. The summed E-state index contributed by atoms with van der Waals surface area (Å²) < 4.78 is 6.61. The lowest BCUT2D eigenvalue weighted by Gasteiger charge is -2.29. The van der Waals surface area contributed by atoms with E-state index >= 15 is 0 Å². The highest BCUT2D eigenvalue weighted by Crippen LogP contribution is 2.43. The molecule has 1 saturated heterocycles. The highest BCUT2D eigenvalue weighted by atomic mass is 32.1. The Morgan fingerprint density at radius 2 is 2.04 bits per heavy atom. The number of hydrogen-bond acceptors (Lipinski definition) is 8. The first-order valence-corrected chi connectivity index (χ1v) is 10.0. The van der Waals surface area contributed by atoms with Crippen molar-refractivity contribution in [1.82, 2.24) is 15.0 Å². The summed E-state index contributed by atoms with van der Waals surface area (Å²) in [6.45, 7) is 4.66. The fourth-order valence-electron chi connectivity index (χ4n) is 4.03. The second kappa shape index (κ2) is 6.61. The van der Waals surface area contributed by atoms with Gasteiger partial charge in [0, 0.05) is 31.6 Å². The number of nitrogens with one attached hydrogen (secondary N) is 1. The van der Waals surface area contributed by atoms with Crippen LogP contribution >= 0.6 is 11.3 Å². The lowest BCUT2D eigenvalue weighted by atomic mass is 10.1. The number of nitrogens with zero attached hydrogens (tertiary/aromatic N) is 4. The molecule has 3 aromatic rings. The molecule has 1 aliphatic carbocycles. The van der Waals surface area contributed by atoms with E-state index < -0.39 is 0 Å². The second-order valence-electron chi connectivity index (χ2n) is 6.74. The summed E-state index contributed by atoms with van der Waals surface area (Å²) in [6.07, 6.45) is 5.04. The van der Waals surface area contributed by atoms with Crippen LogP contribution in [0.4, 0.5) is 11.6 Å². The molecule has 2 aliphatic rings. The van der Waals surface area contributed by atoms with Crippen molar-refractivity contribution in [2.24, 2.45) is 5.73 Å². The molecule has 7 nitrogen and oxygen atoms in total. The number of morpholine rings is 1. The van der Waals surface area contributed by atoms with Crippen molar-refractivity contribution in [1.29, 1.82) is 0 Å². The van der Waals surface area contributed by atoms with Gasteiger partial charge in [0.2, 0.25) is 0 Å². The summed E-state index contributed by atoms with van der Waals surface area (Å²) in [6, 6.07) is 0. The van der Waals surface area contributed by atoms with Gasteiger partial charge in [0.25, 0.3) is 0 Å². The quantitative estimate of drug-likeness (QED) is 0.725. The van der Waals surface area contributed by atoms with Gasteiger partial charge in [-0.15, -0.1) is 11.3 Å². The molecule has 0 amide bonds. The molecular formula is C18H22N6OS. The number of nitrogens with two attached hydrogens (primary N) is 1. The Morgan fingerprint density at radius 3 is 2.88 bits per heavy atom. The number of hydrogen-bond donors (Lipinski definition) is 2. The van der Waals surface area contributed by atoms with Crippen LogP contribution in [0.3, 0.4) is 0 Å². The summed E-state index contributed by atoms with van der Waals surface area (Å²) in [5, 5.41) is 4.55. The van der Waals surface area contributed by atoms with Crippen LogP contribution in [0, 0.1) is 0 Å². The molecule has 3 aromatic heterocycles. The predicted molar refractivity (Wildman–Crippen MR) is 105 cm³/mol. The predicted octanol–water partition coefficient (Wildman–Crippen LogP) is 1.94. The number of ether oxygens (including phenoxy) is 1. The van der Waals surface area contributed by atoms with Crippen LogP contribution in [0.25, 0.3) is 20.4 Å². The topological polar surface area (TPSA) is 89.2 Å². The molecule has 1 aliphatic heterocycles. The lowest BCUT2D eigenvalue weighted by Crippen LogP contribution is -2.37. The average Bonchev–Trinajstić information content (AvgIpc) is 3.30. The number of fused-ring (bicyclic) bond motifs is 5. The number of aryl methyl sites for hydroxylation is 1. The first-order chi connectivity index (χ1) is 12.9. The maximum atomic E-state index is 5.64. The Morgan fingerprint density at radius 1 is 1.19 bits per heavy atom. The van der Waals surface area contributed by atoms with Crippen LogP contribution in [0.2, 0.25) is 0 Å². The van der Waals surface area contributed by atoms with E-state index in [1.54, 1.807) is 17.7 Å². The molecule has 0 spiro atoms. The van der Waals surface area contributed by atoms with Crippen LogP contribution in [0.15, 0.2) is 6.33 Å². The molecule has 0 unspecified atom stereocenters. The summed E-state index contributed by atoms with van der Waals surface area (Å²) in [4.78, 5) is 17.6. The SMILES string of the molecule is NCCNc1ncnc2c1sc1nc(N3CCOCC3)c3c(c12)CCC3. The molecule has 5 rings (SSSR count). The molecule has 26 heavy (non-hydrogen) atoms. The molecule has 8 heteroatoms. The van der Waals surface area contributed by atoms with Crippen LogP contribution in [0.1, 0.15) is 17.5 Å². The van der Waals surface area contributed by atoms with Crippen LogP contribution in [-0.2, 0) is 17.6 Å². The van der Waals surface area contributed by atoms with E-state index in [0.29, 0.717) is 13.1 Å². The summed E-state index contributed by atoms with van der Waals surface area (Å²) in [5.74, 6) is 2.02. The van der Waals surface area contributed by atoms with Crippen molar-refractivity contribution < 1.29 is 4.74 Å². The van der Waals surface area contributed by atoms with Crippen molar-refractivity contribution in [2.75, 3.05) is 49.6 Å². The van der Waals surface area contributed by atoms with Gasteiger partial charge in [0.15, 0.2) is 0 Å². The third kappa shape index (κ3) is 2.52. The van der Waals surface area contributed by atoms with E-state index in [4.69, 9.17) is 15.5 Å². The minimum Gasteiger partial charge on any atom is -0.378 e. The van der Waals surface area contributed by atoms with Crippen molar-refractivity contribution in [3.8, 4) is 0 Å². The molecule has 0 radical (unpaired) electrons. The van der Waals surface area contributed by atoms with E-state index in [2.05, 4.69) is 20.2 Å². The standard InChI is InChI=1S/C18H22N6OS/c19-4-5-20-16-15-14(21-10-22-16)13-11-2-1-3-12(11)17(23-18(13)26-15)24-6-8-25-9-7-24/h10H,1-9,19H2,(H,20,21,22). The second-order valence-corrected chi connectivity index (χ2v) is 7.74. The van der Waals surface area contributed by atoms with Gasteiger partial charge in [0.1, 0.15) is 22.8 Å². The van der Waals surface area contributed by atoms with Crippen molar-refractivity contribution in [3.05, 3.63) is 17.5 Å². The Kier molecular flexibility index (Phi) is 4.11. The monoisotopic (exact) mass is 370 g/mol. The van der Waals surface area contributed by atoms with E-state index in [-0.39, 0.29) is 0 Å². The maximum absolute atomic E-state index is 5.64. The van der Waals surface area contributed by atoms with Gasteiger partial charge in [-0.1, -0.05) is 0 Å². The van der Waals surface area contributed by atoms with Crippen molar-refractivity contribution in [3.63, 3.8) is 0 Å². The fraction of sp³-hybridized carbons (Fsp3) is 0.500. The number of anilines is 2. The Hall–Kier alpha value is -2.03. The highest BCUT2D eigenvalue weighted by Gasteiger charge is 2.27. The third-order valence-electron chi connectivity index (χ3n) is 5.20. The summed E-state index contributed by atoms with van der Waals surface area (Å²) in [7, 11) is 0. The zero-order valence-corrected chi connectivity index (χ0v) is 15.4. The molecule has 0 saturated carbocycles. The highest BCUT2D eigenvalue weighted by molar-refractivity contribution is 7.26. The molecule has 0 aromatic carbocycles. The van der Waals surface area contributed by atoms with Gasteiger partial charge in [-0.2, -0.15) is 0 Å². The summed E-state index contributed by atoms with van der Waals surface area (Å²) in [5.41, 5.74) is 9.52. The minimum absolute atomic E-state index is 0.575. The molecule has 0 bridgehead atoms. The number of thiophene rings is 1. The van der Waals surface area contributed by atoms with Gasteiger partial charge >= 0.3 is 0 Å². The molecule has 136 valence electrons. The maximum Gasteiger partial charge on any atom is 0.147 e. The molecular weight excluding hydrogens is 348 g/mol. The van der Waals surface area contributed by atoms with Crippen molar-refractivity contribution >= 4 is 43.4 Å². The number of aromatic nitrogens is 3. The molecule has 4 heterocycles. The Bertz CT molecular complexity index is 965. The van der Waals surface area contributed by atoms with E-state index in [0.717, 1.165) is 65.8 Å². The van der Waals surface area contributed by atoms with E-state index in [1.807, 2.05) is 0 Å². The zero-order chi connectivity index (χ0) is 17.5. The summed E-state index contributed by atoms with van der Waals surface area (Å²) >= 11 is 1.69. The smallest absolute Gasteiger partial charge is 0.147 e.